The Morgan fingerprint density at radius 1 is 1.47 bits per heavy atom. The third kappa shape index (κ3) is 1.82. The SMILES string of the molecule is O=[N+]([O-])c1ccc(Cl)c(-c2cn[nH]c2)c1. The fraction of sp³-hybridized carbons (Fsp3) is 0. The zero-order valence-electron chi connectivity index (χ0n) is 7.48. The third-order valence-electron chi connectivity index (χ3n) is 1.97. The average Bonchev–Trinajstić information content (AvgIpc) is 2.71. The monoisotopic (exact) mass is 223 g/mol. The molecule has 0 aliphatic heterocycles. The summed E-state index contributed by atoms with van der Waals surface area (Å²) >= 11 is 5.93. The largest absolute Gasteiger partial charge is 0.285 e. The molecule has 0 saturated heterocycles. The molecule has 15 heavy (non-hydrogen) atoms. The van der Waals surface area contributed by atoms with E-state index in [1.807, 2.05) is 0 Å². The molecule has 0 aliphatic rings. The van der Waals surface area contributed by atoms with E-state index in [2.05, 4.69) is 10.2 Å². The van der Waals surface area contributed by atoms with Crippen molar-refractivity contribution in [1.29, 1.82) is 0 Å². The molecule has 0 spiro atoms. The summed E-state index contributed by atoms with van der Waals surface area (Å²) in [6.07, 6.45) is 3.19. The van der Waals surface area contributed by atoms with Crippen LogP contribution < -0.4 is 0 Å². The van der Waals surface area contributed by atoms with Crippen LogP contribution in [-0.2, 0) is 0 Å². The van der Waals surface area contributed by atoms with Crippen LogP contribution in [0.1, 0.15) is 0 Å². The second-order valence-electron chi connectivity index (χ2n) is 2.91. The van der Waals surface area contributed by atoms with Gasteiger partial charge in [0.2, 0.25) is 0 Å². The summed E-state index contributed by atoms with van der Waals surface area (Å²) in [6.45, 7) is 0. The van der Waals surface area contributed by atoms with Gasteiger partial charge < -0.3 is 0 Å². The maximum atomic E-state index is 10.6. The van der Waals surface area contributed by atoms with E-state index in [4.69, 9.17) is 11.6 Å². The fourth-order valence-electron chi connectivity index (χ4n) is 1.25. The number of nitro benzene ring substituents is 1. The maximum Gasteiger partial charge on any atom is 0.270 e. The molecule has 1 heterocycles. The van der Waals surface area contributed by atoms with Crippen molar-refractivity contribution < 1.29 is 4.92 Å². The van der Waals surface area contributed by atoms with Gasteiger partial charge >= 0.3 is 0 Å². The van der Waals surface area contributed by atoms with E-state index in [0.717, 1.165) is 5.56 Å². The molecule has 0 saturated carbocycles. The number of benzene rings is 1. The first-order valence-electron chi connectivity index (χ1n) is 4.11. The van der Waals surface area contributed by atoms with Gasteiger partial charge in [-0.25, -0.2) is 0 Å². The standard InChI is InChI=1S/C9H6ClN3O2/c10-9-2-1-7(13(14)15)3-8(9)6-4-11-12-5-6/h1-5H,(H,11,12). The van der Waals surface area contributed by atoms with Crippen molar-refractivity contribution in [2.24, 2.45) is 0 Å². The molecular weight excluding hydrogens is 218 g/mol. The van der Waals surface area contributed by atoms with Gasteiger partial charge in [-0.2, -0.15) is 5.10 Å². The summed E-state index contributed by atoms with van der Waals surface area (Å²) in [7, 11) is 0. The topological polar surface area (TPSA) is 71.8 Å². The van der Waals surface area contributed by atoms with Gasteiger partial charge in [-0.15, -0.1) is 0 Å². The molecule has 76 valence electrons. The summed E-state index contributed by atoms with van der Waals surface area (Å²) < 4.78 is 0. The highest BCUT2D eigenvalue weighted by Gasteiger charge is 2.11. The Kier molecular flexibility index (Phi) is 2.39. The lowest BCUT2D eigenvalue weighted by Crippen LogP contribution is -1.88. The highest BCUT2D eigenvalue weighted by atomic mass is 35.5. The van der Waals surface area contributed by atoms with Crippen molar-refractivity contribution in [2.45, 2.75) is 0 Å². The first-order valence-corrected chi connectivity index (χ1v) is 4.49. The van der Waals surface area contributed by atoms with Gasteiger partial charge in [0.15, 0.2) is 0 Å². The van der Waals surface area contributed by atoms with Gasteiger partial charge in [-0.3, -0.25) is 15.2 Å². The van der Waals surface area contributed by atoms with Crippen LogP contribution in [0.25, 0.3) is 11.1 Å². The van der Waals surface area contributed by atoms with Crippen LogP contribution in [0.5, 0.6) is 0 Å². The number of aromatic nitrogens is 2. The smallest absolute Gasteiger partial charge is 0.270 e. The van der Waals surface area contributed by atoms with Crippen molar-refractivity contribution >= 4 is 17.3 Å². The average molecular weight is 224 g/mol. The first kappa shape index (κ1) is 9.67. The van der Waals surface area contributed by atoms with E-state index in [-0.39, 0.29) is 5.69 Å². The van der Waals surface area contributed by atoms with Crippen LogP contribution in [-0.4, -0.2) is 15.1 Å². The Balaban J connectivity index is 2.55. The van der Waals surface area contributed by atoms with Crippen LogP contribution >= 0.6 is 11.6 Å². The second-order valence-corrected chi connectivity index (χ2v) is 3.32. The quantitative estimate of drug-likeness (QED) is 0.628. The lowest BCUT2D eigenvalue weighted by molar-refractivity contribution is -0.384. The highest BCUT2D eigenvalue weighted by molar-refractivity contribution is 6.33. The van der Waals surface area contributed by atoms with E-state index in [1.54, 1.807) is 12.4 Å². The minimum absolute atomic E-state index is 0.00981. The molecule has 5 nitrogen and oxygen atoms in total. The van der Waals surface area contributed by atoms with E-state index < -0.39 is 4.92 Å². The number of aromatic amines is 1. The predicted molar refractivity (Wildman–Crippen MR) is 55.7 cm³/mol. The normalized spacial score (nSPS) is 10.2. The number of H-pyrrole nitrogens is 1. The Labute approximate surface area is 89.8 Å². The van der Waals surface area contributed by atoms with Crippen LogP contribution in [0.3, 0.4) is 0 Å². The number of hydrogen-bond donors (Lipinski definition) is 1. The Bertz CT molecular complexity index is 496. The summed E-state index contributed by atoms with van der Waals surface area (Å²) in [5.41, 5.74) is 1.33. The molecule has 2 aromatic rings. The Morgan fingerprint density at radius 3 is 2.87 bits per heavy atom. The molecule has 1 aromatic carbocycles. The minimum atomic E-state index is -0.458. The number of halogens is 1. The first-order chi connectivity index (χ1) is 7.18. The van der Waals surface area contributed by atoms with Gasteiger partial charge in [-0.05, 0) is 6.07 Å². The van der Waals surface area contributed by atoms with Crippen molar-refractivity contribution in [3.8, 4) is 11.1 Å². The molecule has 1 N–H and O–H groups in total. The van der Waals surface area contributed by atoms with Gasteiger partial charge in [0.1, 0.15) is 0 Å². The van der Waals surface area contributed by atoms with Crippen LogP contribution in [0.2, 0.25) is 5.02 Å². The number of nitrogens with one attached hydrogen (secondary N) is 1. The summed E-state index contributed by atoms with van der Waals surface area (Å²) in [6, 6.07) is 4.29. The van der Waals surface area contributed by atoms with E-state index >= 15 is 0 Å². The predicted octanol–water partition coefficient (Wildman–Crippen LogP) is 2.64. The van der Waals surface area contributed by atoms with Gasteiger partial charge in [0, 0.05) is 34.5 Å². The molecular formula is C9H6ClN3O2. The van der Waals surface area contributed by atoms with Crippen molar-refractivity contribution in [3.05, 3.63) is 45.7 Å². The zero-order chi connectivity index (χ0) is 10.8. The molecule has 6 heteroatoms. The van der Waals surface area contributed by atoms with Crippen LogP contribution in [0.15, 0.2) is 30.6 Å². The molecule has 0 atom stereocenters. The fourth-order valence-corrected chi connectivity index (χ4v) is 1.47. The lowest BCUT2D eigenvalue weighted by atomic mass is 10.1. The maximum absolute atomic E-state index is 10.6. The van der Waals surface area contributed by atoms with E-state index in [0.29, 0.717) is 10.6 Å². The van der Waals surface area contributed by atoms with E-state index in [1.165, 1.54) is 18.2 Å². The van der Waals surface area contributed by atoms with Crippen LogP contribution in [0, 0.1) is 10.1 Å². The van der Waals surface area contributed by atoms with Gasteiger partial charge in [0.05, 0.1) is 11.1 Å². The number of non-ortho nitro benzene ring substituents is 1. The van der Waals surface area contributed by atoms with Gasteiger partial charge in [-0.1, -0.05) is 11.6 Å². The number of nitro groups is 1. The number of nitrogens with zero attached hydrogens (tertiary/aromatic N) is 2. The molecule has 0 bridgehead atoms. The van der Waals surface area contributed by atoms with E-state index in [9.17, 15) is 10.1 Å². The van der Waals surface area contributed by atoms with Crippen molar-refractivity contribution in [3.63, 3.8) is 0 Å². The molecule has 0 amide bonds. The molecule has 0 fully saturated rings. The molecule has 0 aliphatic carbocycles. The summed E-state index contributed by atoms with van der Waals surface area (Å²) in [5.74, 6) is 0. The zero-order valence-corrected chi connectivity index (χ0v) is 8.23. The molecule has 1 aromatic heterocycles. The number of rotatable bonds is 2. The third-order valence-corrected chi connectivity index (χ3v) is 2.30. The number of hydrogen-bond acceptors (Lipinski definition) is 3. The molecule has 2 rings (SSSR count). The second kappa shape index (κ2) is 3.70. The van der Waals surface area contributed by atoms with Crippen LogP contribution in [0.4, 0.5) is 5.69 Å². The highest BCUT2D eigenvalue weighted by Crippen LogP contribution is 2.30. The Morgan fingerprint density at radius 2 is 2.27 bits per heavy atom. The lowest BCUT2D eigenvalue weighted by Gasteiger charge is -2.00. The van der Waals surface area contributed by atoms with Crippen molar-refractivity contribution in [2.75, 3.05) is 0 Å². The molecule has 0 radical (unpaired) electrons. The van der Waals surface area contributed by atoms with Gasteiger partial charge in [0.25, 0.3) is 5.69 Å². The minimum Gasteiger partial charge on any atom is -0.285 e. The summed E-state index contributed by atoms with van der Waals surface area (Å²) in [5, 5.41) is 17.4. The van der Waals surface area contributed by atoms with Crippen molar-refractivity contribution in [1.82, 2.24) is 10.2 Å². The Hall–Kier alpha value is -1.88. The molecule has 0 unspecified atom stereocenters. The summed E-state index contributed by atoms with van der Waals surface area (Å²) in [4.78, 5) is 10.1.